The first-order valence-electron chi connectivity index (χ1n) is 20.9. The molecule has 2 bridgehead atoms. The Morgan fingerprint density at radius 1 is 0.545 bits per heavy atom. The van der Waals surface area contributed by atoms with Crippen molar-refractivity contribution in [3.05, 3.63) is 167 Å². The van der Waals surface area contributed by atoms with Crippen LogP contribution in [0.15, 0.2) is 140 Å². The van der Waals surface area contributed by atoms with Crippen molar-refractivity contribution in [2.45, 2.75) is 83.5 Å². The number of hydrogen-bond acceptors (Lipinski definition) is 1. The van der Waals surface area contributed by atoms with Crippen LogP contribution in [-0.2, 0) is 17.3 Å². The van der Waals surface area contributed by atoms with E-state index in [1.165, 1.54) is 99.1 Å². The van der Waals surface area contributed by atoms with Crippen molar-refractivity contribution in [1.29, 1.82) is 0 Å². The zero-order valence-corrected chi connectivity index (χ0v) is 33.0. The Labute approximate surface area is 328 Å². The van der Waals surface area contributed by atoms with Gasteiger partial charge >= 0.3 is 0 Å². The second kappa shape index (κ2) is 13.3. The van der Waals surface area contributed by atoms with Gasteiger partial charge in [0, 0.05) is 22.5 Å². The third-order valence-electron chi connectivity index (χ3n) is 13.9. The van der Waals surface area contributed by atoms with E-state index in [1.807, 2.05) is 0 Å². The first kappa shape index (κ1) is 34.4. The van der Waals surface area contributed by atoms with Crippen molar-refractivity contribution in [1.82, 2.24) is 0 Å². The maximum absolute atomic E-state index is 2.49. The van der Waals surface area contributed by atoms with Gasteiger partial charge < -0.3 is 4.90 Å². The highest BCUT2D eigenvalue weighted by Crippen LogP contribution is 2.54. The topological polar surface area (TPSA) is 3.24 Å². The molecule has 2 fully saturated rings. The molecule has 0 aromatic heterocycles. The Balaban J connectivity index is 1.01. The van der Waals surface area contributed by atoms with E-state index >= 15 is 0 Å². The summed E-state index contributed by atoms with van der Waals surface area (Å²) in [6.07, 6.45) is 13.8. The molecule has 0 N–H and O–H groups in total. The minimum Gasteiger partial charge on any atom is -0.310 e. The average molecular weight is 716 g/mol. The van der Waals surface area contributed by atoms with Crippen molar-refractivity contribution in [3.8, 4) is 33.4 Å². The van der Waals surface area contributed by atoms with Gasteiger partial charge in [0.15, 0.2) is 0 Å². The van der Waals surface area contributed by atoms with Crippen LogP contribution in [-0.4, -0.2) is 0 Å². The lowest BCUT2D eigenvalue weighted by atomic mass is 9.54. The lowest BCUT2D eigenvalue weighted by Gasteiger charge is -2.50. The summed E-state index contributed by atoms with van der Waals surface area (Å²) in [7, 11) is 0. The van der Waals surface area contributed by atoms with Crippen LogP contribution in [0.1, 0.15) is 94.0 Å². The molecule has 4 aliphatic carbocycles. The minimum absolute atomic E-state index is 0.0702. The van der Waals surface area contributed by atoms with Gasteiger partial charge in [-0.3, -0.25) is 0 Å². The van der Waals surface area contributed by atoms with Crippen molar-refractivity contribution >= 4 is 23.1 Å². The third-order valence-corrected chi connectivity index (χ3v) is 13.9. The number of anilines is 3. The molecule has 0 amide bonds. The summed E-state index contributed by atoms with van der Waals surface area (Å²) in [4.78, 5) is 2.44. The molecule has 2 unspecified atom stereocenters. The summed E-state index contributed by atoms with van der Waals surface area (Å²) in [5, 5.41) is 0. The predicted octanol–water partition coefficient (Wildman–Crippen LogP) is 14.9. The molecule has 0 spiro atoms. The van der Waals surface area contributed by atoms with Crippen molar-refractivity contribution in [2.24, 2.45) is 17.8 Å². The van der Waals surface area contributed by atoms with Crippen LogP contribution in [0.2, 0.25) is 0 Å². The van der Waals surface area contributed by atoms with Crippen LogP contribution in [0.5, 0.6) is 0 Å². The molecule has 0 aliphatic heterocycles. The zero-order chi connectivity index (χ0) is 37.3. The van der Waals surface area contributed by atoms with Crippen LogP contribution in [0.3, 0.4) is 0 Å². The highest BCUT2D eigenvalue weighted by Gasteiger charge is 2.45. The molecule has 6 aromatic carbocycles. The molecule has 4 aliphatic rings. The van der Waals surface area contributed by atoms with Crippen molar-refractivity contribution < 1.29 is 0 Å². The van der Waals surface area contributed by atoms with Gasteiger partial charge in [-0.05, 0) is 166 Å². The molecule has 2 saturated carbocycles. The van der Waals surface area contributed by atoms with E-state index in [0.29, 0.717) is 5.41 Å². The van der Waals surface area contributed by atoms with Gasteiger partial charge in [-0.2, -0.15) is 0 Å². The fourth-order valence-corrected chi connectivity index (χ4v) is 11.7. The quantitative estimate of drug-likeness (QED) is 0.166. The molecule has 10 rings (SSSR count). The number of allylic oxidation sites excluding steroid dienone is 1. The number of hydrogen-bond donors (Lipinski definition) is 0. The Morgan fingerprint density at radius 3 is 1.85 bits per heavy atom. The molecular weight excluding hydrogens is 663 g/mol. The van der Waals surface area contributed by atoms with Gasteiger partial charge in [0.05, 0.1) is 0 Å². The Bertz CT molecular complexity index is 2390. The van der Waals surface area contributed by atoms with Gasteiger partial charge in [0.1, 0.15) is 0 Å². The largest absolute Gasteiger partial charge is 0.310 e. The average Bonchev–Trinajstić information content (AvgIpc) is 3.43. The number of aryl methyl sites for hydroxylation is 1. The molecule has 2 atom stereocenters. The van der Waals surface area contributed by atoms with Crippen molar-refractivity contribution in [2.75, 3.05) is 4.90 Å². The maximum Gasteiger partial charge on any atom is 0.0465 e. The smallest absolute Gasteiger partial charge is 0.0465 e. The Morgan fingerprint density at radius 2 is 1.15 bits per heavy atom. The van der Waals surface area contributed by atoms with E-state index in [4.69, 9.17) is 0 Å². The number of rotatable bonds is 6. The van der Waals surface area contributed by atoms with Crippen LogP contribution < -0.4 is 4.90 Å². The first-order valence-corrected chi connectivity index (χ1v) is 20.9. The van der Waals surface area contributed by atoms with Gasteiger partial charge in [-0.25, -0.2) is 0 Å². The maximum atomic E-state index is 2.49. The molecule has 0 saturated heterocycles. The number of nitrogens with zero attached hydrogens (tertiary/aromatic N) is 1. The van der Waals surface area contributed by atoms with Gasteiger partial charge in [-0.1, -0.05) is 137 Å². The van der Waals surface area contributed by atoms with Crippen molar-refractivity contribution in [3.63, 3.8) is 0 Å². The van der Waals surface area contributed by atoms with Gasteiger partial charge in [0.2, 0.25) is 0 Å². The normalized spacial score (nSPS) is 23.1. The first-order chi connectivity index (χ1) is 26.8. The summed E-state index contributed by atoms with van der Waals surface area (Å²) >= 11 is 0. The van der Waals surface area contributed by atoms with E-state index in [2.05, 4.69) is 178 Å². The molecule has 1 nitrogen and oxygen atoms in total. The zero-order valence-electron chi connectivity index (χ0n) is 33.0. The van der Waals surface area contributed by atoms with E-state index in [0.717, 1.165) is 36.3 Å². The molecule has 55 heavy (non-hydrogen) atoms. The van der Waals surface area contributed by atoms with Gasteiger partial charge in [-0.15, -0.1) is 0 Å². The fourth-order valence-electron chi connectivity index (χ4n) is 11.7. The molecule has 274 valence electrons. The number of fused-ring (bicyclic) bond motifs is 6. The monoisotopic (exact) mass is 715 g/mol. The van der Waals surface area contributed by atoms with E-state index in [-0.39, 0.29) is 5.41 Å². The molecule has 0 radical (unpaired) electrons. The highest BCUT2D eigenvalue weighted by atomic mass is 15.1. The summed E-state index contributed by atoms with van der Waals surface area (Å²) in [5.74, 6) is 2.54. The van der Waals surface area contributed by atoms with Crippen LogP contribution in [0.25, 0.3) is 39.5 Å². The van der Waals surface area contributed by atoms with E-state index in [9.17, 15) is 0 Å². The van der Waals surface area contributed by atoms with Gasteiger partial charge in [0.25, 0.3) is 0 Å². The minimum atomic E-state index is -0.0702. The summed E-state index contributed by atoms with van der Waals surface area (Å²) in [5.41, 5.74) is 18.8. The molecular formula is C54H53N. The molecule has 1 heteroatoms. The Kier molecular flexibility index (Phi) is 8.29. The number of benzene rings is 6. The van der Waals surface area contributed by atoms with Crippen LogP contribution in [0.4, 0.5) is 17.1 Å². The van der Waals surface area contributed by atoms with Crippen LogP contribution in [0, 0.1) is 17.8 Å². The fraction of sp³-hybridized carbons (Fsp3) is 0.296. The SMILES string of the molecule is CC1CC2CC(C)CC(c3ccc(-c4ccc(N(c5ccc(-c6cccc7c6C=CCC7)cc5)c5ccc6c(c5)C(C)(C)c5ccccc5-6)cc4)cc3)(C1)C2. The summed E-state index contributed by atoms with van der Waals surface area (Å²) in [6.45, 7) is 9.72. The second-order valence-electron chi connectivity index (χ2n) is 18.2. The third kappa shape index (κ3) is 5.90. The van der Waals surface area contributed by atoms with E-state index < -0.39 is 0 Å². The highest BCUT2D eigenvalue weighted by molar-refractivity contribution is 5.87. The Hall–Kier alpha value is -5.14. The lowest BCUT2D eigenvalue weighted by Crippen LogP contribution is -2.42. The lowest BCUT2D eigenvalue weighted by molar-refractivity contribution is 0.0780. The van der Waals surface area contributed by atoms with Crippen LogP contribution >= 0.6 is 0 Å². The predicted molar refractivity (Wildman–Crippen MR) is 233 cm³/mol. The second-order valence-corrected chi connectivity index (χ2v) is 18.2. The van der Waals surface area contributed by atoms with E-state index in [1.54, 1.807) is 5.56 Å². The summed E-state index contributed by atoms with van der Waals surface area (Å²) in [6, 6.07) is 51.0. The summed E-state index contributed by atoms with van der Waals surface area (Å²) < 4.78 is 0. The standard InChI is InChI=1S/C54H53N/c1-36-30-38-31-37(2)34-54(33-36,35-38)43-22-16-39(17-23-43)40-18-24-44(25-19-40)55(46-28-29-50-49-13-7-8-15-51(49)53(3,4)52(50)32-46)45-26-20-42(21-27-45)48-14-9-11-41-10-5-6-12-47(41)48/h6-9,11-29,32,36-38H,5,10,30-31,33-35H2,1-4H3. The molecule has 6 aromatic rings. The molecule has 0 heterocycles.